The molecule has 1 aromatic carbocycles. The standard InChI is InChI=1S/C11H13F3N2O4/c1-15-7-8-6-9(16(17)18)2-3-10(8)19-4-5-20-11(12,13)14/h2-3,6,15H,4-5,7H2,1H3. The maximum atomic E-state index is 11.8. The number of non-ortho nitro benzene ring substituents is 1. The van der Waals surface area contributed by atoms with E-state index in [1.54, 1.807) is 7.05 Å². The van der Waals surface area contributed by atoms with Gasteiger partial charge in [-0.2, -0.15) is 0 Å². The largest absolute Gasteiger partial charge is 0.522 e. The maximum Gasteiger partial charge on any atom is 0.522 e. The topological polar surface area (TPSA) is 73.6 Å². The van der Waals surface area contributed by atoms with Gasteiger partial charge >= 0.3 is 6.36 Å². The molecule has 0 aliphatic heterocycles. The van der Waals surface area contributed by atoms with Crippen LogP contribution >= 0.6 is 0 Å². The normalized spacial score (nSPS) is 11.4. The van der Waals surface area contributed by atoms with Crippen LogP contribution in [0.15, 0.2) is 18.2 Å². The molecule has 112 valence electrons. The fourth-order valence-corrected chi connectivity index (χ4v) is 1.46. The monoisotopic (exact) mass is 294 g/mol. The van der Waals surface area contributed by atoms with Crippen LogP contribution in [-0.4, -0.2) is 31.5 Å². The van der Waals surface area contributed by atoms with Gasteiger partial charge in [-0.3, -0.25) is 14.9 Å². The van der Waals surface area contributed by atoms with Gasteiger partial charge in [0.2, 0.25) is 0 Å². The lowest BCUT2D eigenvalue weighted by atomic mass is 10.2. The van der Waals surface area contributed by atoms with E-state index in [9.17, 15) is 23.3 Å². The van der Waals surface area contributed by atoms with E-state index in [4.69, 9.17) is 4.74 Å². The molecule has 20 heavy (non-hydrogen) atoms. The molecule has 1 rings (SSSR count). The number of benzene rings is 1. The minimum atomic E-state index is -4.70. The van der Waals surface area contributed by atoms with Crippen LogP contribution in [0.5, 0.6) is 5.75 Å². The van der Waals surface area contributed by atoms with E-state index in [1.165, 1.54) is 18.2 Å². The summed E-state index contributed by atoms with van der Waals surface area (Å²) in [6.45, 7) is -0.676. The number of nitro benzene ring substituents is 1. The summed E-state index contributed by atoms with van der Waals surface area (Å²) in [5.74, 6) is 0.274. The van der Waals surface area contributed by atoms with Crippen molar-refractivity contribution in [2.75, 3.05) is 20.3 Å². The molecule has 0 bridgehead atoms. The summed E-state index contributed by atoms with van der Waals surface area (Å²) in [7, 11) is 1.63. The average Bonchev–Trinajstić information content (AvgIpc) is 2.35. The van der Waals surface area contributed by atoms with E-state index in [-0.39, 0.29) is 24.6 Å². The lowest BCUT2D eigenvalue weighted by Crippen LogP contribution is -2.18. The van der Waals surface area contributed by atoms with Crippen molar-refractivity contribution < 1.29 is 27.6 Å². The van der Waals surface area contributed by atoms with Crippen molar-refractivity contribution in [3.63, 3.8) is 0 Å². The zero-order valence-corrected chi connectivity index (χ0v) is 10.6. The minimum Gasteiger partial charge on any atom is -0.491 e. The third kappa shape index (κ3) is 5.41. The number of alkyl halides is 3. The molecule has 0 heterocycles. The molecule has 1 N–H and O–H groups in total. The van der Waals surface area contributed by atoms with E-state index in [0.717, 1.165) is 0 Å². The highest BCUT2D eigenvalue weighted by atomic mass is 19.4. The van der Waals surface area contributed by atoms with E-state index in [0.29, 0.717) is 5.56 Å². The summed E-state index contributed by atoms with van der Waals surface area (Å²) in [6.07, 6.45) is -4.70. The van der Waals surface area contributed by atoms with Gasteiger partial charge in [-0.15, -0.1) is 13.2 Å². The molecule has 0 atom stereocenters. The SMILES string of the molecule is CNCc1cc([N+](=O)[O-])ccc1OCCOC(F)(F)F. The van der Waals surface area contributed by atoms with E-state index < -0.39 is 17.9 Å². The molecule has 6 nitrogen and oxygen atoms in total. The quantitative estimate of drug-likeness (QED) is 0.474. The Balaban J connectivity index is 2.66. The average molecular weight is 294 g/mol. The summed E-state index contributed by atoms with van der Waals surface area (Å²) in [4.78, 5) is 10.1. The van der Waals surface area contributed by atoms with Crippen molar-refractivity contribution in [2.45, 2.75) is 12.9 Å². The number of ether oxygens (including phenoxy) is 2. The molecule has 0 unspecified atom stereocenters. The Morgan fingerprint density at radius 1 is 1.35 bits per heavy atom. The Kier molecular flexibility index (Phi) is 5.71. The van der Waals surface area contributed by atoms with Crippen molar-refractivity contribution in [3.05, 3.63) is 33.9 Å². The molecular weight excluding hydrogens is 281 g/mol. The highest BCUT2D eigenvalue weighted by Crippen LogP contribution is 2.24. The Hall–Kier alpha value is -1.87. The zero-order valence-electron chi connectivity index (χ0n) is 10.6. The first-order chi connectivity index (χ1) is 9.33. The van der Waals surface area contributed by atoms with Crippen molar-refractivity contribution >= 4 is 5.69 Å². The maximum absolute atomic E-state index is 11.8. The first-order valence-corrected chi connectivity index (χ1v) is 5.59. The molecule has 1 aromatic rings. The van der Waals surface area contributed by atoms with E-state index in [1.807, 2.05) is 0 Å². The summed E-state index contributed by atoms with van der Waals surface area (Å²) in [5, 5.41) is 13.4. The van der Waals surface area contributed by atoms with Gasteiger partial charge in [0.05, 0.1) is 11.5 Å². The highest BCUT2D eigenvalue weighted by molar-refractivity contribution is 5.43. The van der Waals surface area contributed by atoms with Crippen molar-refractivity contribution in [3.8, 4) is 5.75 Å². The summed E-state index contributed by atoms with van der Waals surface area (Å²) in [6, 6.07) is 3.87. The molecule has 0 radical (unpaired) electrons. The van der Waals surface area contributed by atoms with Crippen molar-refractivity contribution in [1.29, 1.82) is 0 Å². The summed E-state index contributed by atoms with van der Waals surface area (Å²) >= 11 is 0. The molecule has 0 saturated carbocycles. The van der Waals surface area contributed by atoms with Crippen LogP contribution < -0.4 is 10.1 Å². The Morgan fingerprint density at radius 3 is 2.60 bits per heavy atom. The molecular formula is C11H13F3N2O4. The lowest BCUT2D eigenvalue weighted by molar-refractivity contribution is -0.384. The number of nitro groups is 1. The number of nitrogens with one attached hydrogen (secondary N) is 1. The number of hydrogen-bond donors (Lipinski definition) is 1. The van der Waals surface area contributed by atoms with Crippen LogP contribution in [0.1, 0.15) is 5.56 Å². The van der Waals surface area contributed by atoms with Crippen LogP contribution in [-0.2, 0) is 11.3 Å². The first kappa shape index (κ1) is 16.2. The van der Waals surface area contributed by atoms with Crippen molar-refractivity contribution in [2.24, 2.45) is 0 Å². The van der Waals surface area contributed by atoms with E-state index in [2.05, 4.69) is 10.1 Å². The number of nitrogens with zero attached hydrogens (tertiary/aromatic N) is 1. The summed E-state index contributed by atoms with van der Waals surface area (Å²) < 4.78 is 44.0. The van der Waals surface area contributed by atoms with Gasteiger partial charge in [0.1, 0.15) is 12.4 Å². The smallest absolute Gasteiger partial charge is 0.491 e. The molecule has 0 fully saturated rings. The zero-order chi connectivity index (χ0) is 15.2. The molecule has 0 aromatic heterocycles. The number of hydrogen-bond acceptors (Lipinski definition) is 5. The van der Waals surface area contributed by atoms with Gasteiger partial charge in [0.15, 0.2) is 0 Å². The molecule has 0 saturated heterocycles. The lowest BCUT2D eigenvalue weighted by Gasteiger charge is -2.12. The Morgan fingerprint density at radius 2 is 2.05 bits per heavy atom. The number of halogens is 3. The minimum absolute atomic E-state index is 0.117. The van der Waals surface area contributed by atoms with Crippen LogP contribution in [0.25, 0.3) is 0 Å². The predicted octanol–water partition coefficient (Wildman–Crippen LogP) is 2.23. The first-order valence-electron chi connectivity index (χ1n) is 5.59. The molecule has 9 heteroatoms. The van der Waals surface area contributed by atoms with E-state index >= 15 is 0 Å². The van der Waals surface area contributed by atoms with Gasteiger partial charge < -0.3 is 10.1 Å². The van der Waals surface area contributed by atoms with Gasteiger partial charge in [-0.25, -0.2) is 0 Å². The van der Waals surface area contributed by atoms with Gasteiger partial charge in [0.25, 0.3) is 5.69 Å². The van der Waals surface area contributed by atoms with Crippen LogP contribution in [0.4, 0.5) is 18.9 Å². The third-order valence-corrected chi connectivity index (χ3v) is 2.23. The second-order valence-electron chi connectivity index (χ2n) is 3.72. The van der Waals surface area contributed by atoms with Crippen LogP contribution in [0, 0.1) is 10.1 Å². The Bertz CT molecular complexity index is 465. The fourth-order valence-electron chi connectivity index (χ4n) is 1.46. The second-order valence-corrected chi connectivity index (χ2v) is 3.72. The second kappa shape index (κ2) is 7.06. The van der Waals surface area contributed by atoms with Crippen molar-refractivity contribution in [1.82, 2.24) is 5.32 Å². The Labute approximate surface area is 112 Å². The fraction of sp³-hybridized carbons (Fsp3) is 0.455. The molecule has 0 aliphatic rings. The highest BCUT2D eigenvalue weighted by Gasteiger charge is 2.28. The third-order valence-electron chi connectivity index (χ3n) is 2.23. The number of rotatable bonds is 7. The van der Waals surface area contributed by atoms with Crippen LogP contribution in [0.2, 0.25) is 0 Å². The van der Waals surface area contributed by atoms with Gasteiger partial charge in [-0.05, 0) is 13.1 Å². The summed E-state index contributed by atoms with van der Waals surface area (Å²) in [5.41, 5.74) is 0.364. The molecule has 0 aliphatic carbocycles. The molecule has 0 spiro atoms. The predicted molar refractivity (Wildman–Crippen MR) is 63.4 cm³/mol. The van der Waals surface area contributed by atoms with Crippen LogP contribution in [0.3, 0.4) is 0 Å². The molecule has 0 amide bonds. The van der Waals surface area contributed by atoms with Gasteiger partial charge in [-0.1, -0.05) is 0 Å². The van der Waals surface area contributed by atoms with Gasteiger partial charge in [0, 0.05) is 24.2 Å².